The molecular formula is C11H18N2O5. The summed E-state index contributed by atoms with van der Waals surface area (Å²) in [7, 11) is 0. The molecule has 7 nitrogen and oxygen atoms in total. The van der Waals surface area contributed by atoms with E-state index in [1.165, 1.54) is 0 Å². The molecule has 2 amide bonds. The number of nitrogens with one attached hydrogen (secondary N) is 1. The van der Waals surface area contributed by atoms with Crippen molar-refractivity contribution in [2.75, 3.05) is 32.9 Å². The van der Waals surface area contributed by atoms with Gasteiger partial charge in [-0.3, -0.25) is 4.79 Å². The normalized spacial score (nSPS) is 32.3. The largest absolute Gasteiger partial charge is 0.481 e. The molecule has 0 radical (unpaired) electrons. The van der Waals surface area contributed by atoms with Crippen LogP contribution in [-0.2, 0) is 14.3 Å². The quantitative estimate of drug-likeness (QED) is 0.698. The third-order valence-corrected chi connectivity index (χ3v) is 3.23. The average molecular weight is 258 g/mol. The van der Waals surface area contributed by atoms with Gasteiger partial charge in [-0.1, -0.05) is 0 Å². The summed E-state index contributed by atoms with van der Waals surface area (Å²) in [5.74, 6) is -1.60. The SMILES string of the molecule is CC1CN(C(=O)NC2COCC2C(=O)O)CCO1. The summed E-state index contributed by atoms with van der Waals surface area (Å²) in [6, 6.07) is -0.694. The fourth-order valence-electron chi connectivity index (χ4n) is 2.19. The molecule has 2 fully saturated rings. The summed E-state index contributed by atoms with van der Waals surface area (Å²) in [6.45, 7) is 3.87. The highest BCUT2D eigenvalue weighted by Gasteiger charge is 2.36. The van der Waals surface area contributed by atoms with Gasteiger partial charge in [0.2, 0.25) is 0 Å². The molecule has 0 aromatic rings. The van der Waals surface area contributed by atoms with E-state index in [9.17, 15) is 9.59 Å². The van der Waals surface area contributed by atoms with Crippen molar-refractivity contribution in [3.63, 3.8) is 0 Å². The molecule has 2 heterocycles. The number of aliphatic carboxylic acids is 1. The zero-order valence-electron chi connectivity index (χ0n) is 10.3. The van der Waals surface area contributed by atoms with E-state index in [1.807, 2.05) is 6.92 Å². The van der Waals surface area contributed by atoms with E-state index in [4.69, 9.17) is 14.6 Å². The molecule has 2 N–H and O–H groups in total. The molecular weight excluding hydrogens is 240 g/mol. The van der Waals surface area contributed by atoms with Crippen LogP contribution in [0.15, 0.2) is 0 Å². The van der Waals surface area contributed by atoms with Gasteiger partial charge in [0.25, 0.3) is 0 Å². The molecule has 0 aliphatic carbocycles. The Kier molecular flexibility index (Phi) is 4.03. The van der Waals surface area contributed by atoms with E-state index in [-0.39, 0.29) is 25.3 Å². The maximum absolute atomic E-state index is 12.0. The van der Waals surface area contributed by atoms with Crippen LogP contribution in [0.4, 0.5) is 4.79 Å². The number of carboxylic acid groups (broad SMARTS) is 1. The summed E-state index contributed by atoms with van der Waals surface area (Å²) in [6.07, 6.45) is 0.0135. The fourth-order valence-corrected chi connectivity index (χ4v) is 2.19. The number of urea groups is 1. The summed E-state index contributed by atoms with van der Waals surface area (Å²) >= 11 is 0. The molecule has 18 heavy (non-hydrogen) atoms. The highest BCUT2D eigenvalue weighted by Crippen LogP contribution is 2.14. The second-order valence-corrected chi connectivity index (χ2v) is 4.67. The second kappa shape index (κ2) is 5.53. The van der Waals surface area contributed by atoms with Crippen LogP contribution in [0, 0.1) is 5.92 Å². The van der Waals surface area contributed by atoms with Crippen molar-refractivity contribution in [2.45, 2.75) is 19.1 Å². The second-order valence-electron chi connectivity index (χ2n) is 4.67. The number of hydrogen-bond donors (Lipinski definition) is 2. The molecule has 102 valence electrons. The lowest BCUT2D eigenvalue weighted by atomic mass is 10.0. The van der Waals surface area contributed by atoms with Crippen molar-refractivity contribution in [1.82, 2.24) is 10.2 Å². The molecule has 0 saturated carbocycles. The van der Waals surface area contributed by atoms with E-state index in [2.05, 4.69) is 5.32 Å². The first-order valence-electron chi connectivity index (χ1n) is 6.05. The van der Waals surface area contributed by atoms with Crippen LogP contribution in [0.3, 0.4) is 0 Å². The Balaban J connectivity index is 1.88. The van der Waals surface area contributed by atoms with E-state index >= 15 is 0 Å². The molecule has 0 aromatic heterocycles. The number of rotatable bonds is 2. The van der Waals surface area contributed by atoms with Gasteiger partial charge in [0.05, 0.1) is 32.0 Å². The van der Waals surface area contributed by atoms with Gasteiger partial charge in [0, 0.05) is 13.1 Å². The van der Waals surface area contributed by atoms with Gasteiger partial charge in [-0.2, -0.15) is 0 Å². The van der Waals surface area contributed by atoms with Crippen molar-refractivity contribution in [3.8, 4) is 0 Å². The van der Waals surface area contributed by atoms with E-state index < -0.39 is 17.9 Å². The standard InChI is InChI=1S/C11H18N2O5/c1-7-4-13(2-3-18-7)11(16)12-9-6-17-5-8(9)10(14)15/h7-9H,2-6H2,1H3,(H,12,16)(H,14,15). The van der Waals surface area contributed by atoms with Crippen LogP contribution in [0.25, 0.3) is 0 Å². The predicted octanol–water partition coefficient (Wildman–Crippen LogP) is -0.484. The minimum atomic E-state index is -0.937. The monoisotopic (exact) mass is 258 g/mol. The number of hydrogen-bond acceptors (Lipinski definition) is 4. The van der Waals surface area contributed by atoms with Gasteiger partial charge in [-0.25, -0.2) is 4.79 Å². The van der Waals surface area contributed by atoms with Crippen molar-refractivity contribution < 1.29 is 24.2 Å². The lowest BCUT2D eigenvalue weighted by Gasteiger charge is -2.32. The molecule has 3 unspecified atom stereocenters. The van der Waals surface area contributed by atoms with Gasteiger partial charge in [0.15, 0.2) is 0 Å². The predicted molar refractivity (Wildman–Crippen MR) is 61.3 cm³/mol. The highest BCUT2D eigenvalue weighted by molar-refractivity contribution is 5.77. The molecule has 0 aromatic carbocycles. The first-order chi connectivity index (χ1) is 8.58. The number of morpholine rings is 1. The summed E-state index contributed by atoms with van der Waals surface area (Å²) < 4.78 is 10.4. The van der Waals surface area contributed by atoms with Crippen molar-refractivity contribution in [1.29, 1.82) is 0 Å². The smallest absolute Gasteiger partial charge is 0.317 e. The number of carbonyl (C=O) groups excluding carboxylic acids is 1. The van der Waals surface area contributed by atoms with Crippen LogP contribution >= 0.6 is 0 Å². The third-order valence-electron chi connectivity index (χ3n) is 3.23. The number of ether oxygens (including phenoxy) is 2. The van der Waals surface area contributed by atoms with Crippen LogP contribution in [-0.4, -0.2) is 67.1 Å². The minimum absolute atomic E-state index is 0.0135. The Labute approximate surface area is 105 Å². The Morgan fingerprint density at radius 2 is 2.17 bits per heavy atom. The first-order valence-corrected chi connectivity index (χ1v) is 6.05. The molecule has 0 bridgehead atoms. The lowest BCUT2D eigenvalue weighted by Crippen LogP contribution is -2.53. The van der Waals surface area contributed by atoms with Crippen LogP contribution in [0.2, 0.25) is 0 Å². The van der Waals surface area contributed by atoms with Gasteiger partial charge in [-0.15, -0.1) is 0 Å². The Morgan fingerprint density at radius 3 is 2.83 bits per heavy atom. The zero-order valence-corrected chi connectivity index (χ0v) is 10.3. The number of carboxylic acids is 1. The molecule has 7 heteroatoms. The fraction of sp³-hybridized carbons (Fsp3) is 0.818. The number of amides is 2. The number of nitrogens with zero attached hydrogens (tertiary/aromatic N) is 1. The highest BCUT2D eigenvalue weighted by atomic mass is 16.5. The van der Waals surface area contributed by atoms with Crippen molar-refractivity contribution in [3.05, 3.63) is 0 Å². The maximum Gasteiger partial charge on any atom is 0.317 e. The molecule has 2 rings (SSSR count). The van der Waals surface area contributed by atoms with Gasteiger partial charge in [-0.05, 0) is 6.92 Å². The molecule has 2 aliphatic heterocycles. The van der Waals surface area contributed by atoms with Crippen molar-refractivity contribution in [2.24, 2.45) is 5.92 Å². The zero-order chi connectivity index (χ0) is 13.1. The Hall–Kier alpha value is -1.34. The molecule has 2 saturated heterocycles. The van der Waals surface area contributed by atoms with Gasteiger partial charge in [0.1, 0.15) is 5.92 Å². The van der Waals surface area contributed by atoms with Crippen LogP contribution in [0.1, 0.15) is 6.92 Å². The van der Waals surface area contributed by atoms with Gasteiger partial charge < -0.3 is 24.8 Å². The Morgan fingerprint density at radius 1 is 1.39 bits per heavy atom. The minimum Gasteiger partial charge on any atom is -0.481 e. The topological polar surface area (TPSA) is 88.1 Å². The van der Waals surface area contributed by atoms with E-state index in [1.54, 1.807) is 4.90 Å². The number of carbonyl (C=O) groups is 2. The Bertz CT molecular complexity index is 335. The van der Waals surface area contributed by atoms with E-state index in [0.717, 1.165) is 0 Å². The van der Waals surface area contributed by atoms with Crippen LogP contribution in [0.5, 0.6) is 0 Å². The molecule has 2 aliphatic rings. The lowest BCUT2D eigenvalue weighted by molar-refractivity contribution is -0.142. The first kappa shape index (κ1) is 13.1. The third kappa shape index (κ3) is 2.91. The van der Waals surface area contributed by atoms with Gasteiger partial charge >= 0.3 is 12.0 Å². The van der Waals surface area contributed by atoms with Crippen LogP contribution < -0.4 is 5.32 Å². The summed E-state index contributed by atoms with van der Waals surface area (Å²) in [4.78, 5) is 24.6. The van der Waals surface area contributed by atoms with E-state index in [0.29, 0.717) is 19.7 Å². The maximum atomic E-state index is 12.0. The van der Waals surface area contributed by atoms with Crippen molar-refractivity contribution >= 4 is 12.0 Å². The summed E-state index contributed by atoms with van der Waals surface area (Å²) in [5.41, 5.74) is 0. The molecule has 3 atom stereocenters. The molecule has 0 spiro atoms. The summed E-state index contributed by atoms with van der Waals surface area (Å²) in [5, 5.41) is 11.7. The average Bonchev–Trinajstić information content (AvgIpc) is 2.77.